The number of rotatable bonds is 5. The lowest BCUT2D eigenvalue weighted by Gasteiger charge is -2.27. The Kier molecular flexibility index (Phi) is 5.33. The lowest BCUT2D eigenvalue weighted by Crippen LogP contribution is -2.32. The fourth-order valence-corrected chi connectivity index (χ4v) is 3.45. The molecule has 1 aromatic carbocycles. The molecule has 27 heavy (non-hydrogen) atoms. The SMILES string of the molecule is Cc1ccc(Cl)cc1N1C(=O)C(O)=C(C(=O)CC(C)C)C1c1ccccn1. The van der Waals surface area contributed by atoms with Crippen molar-refractivity contribution in [3.8, 4) is 0 Å². The first-order valence-corrected chi connectivity index (χ1v) is 9.16. The Bertz CT molecular complexity index is 922. The lowest BCUT2D eigenvalue weighted by molar-refractivity contribution is -0.118. The maximum atomic E-state index is 12.9. The number of carbonyl (C=O) groups is 2. The summed E-state index contributed by atoms with van der Waals surface area (Å²) in [6, 6.07) is 9.69. The summed E-state index contributed by atoms with van der Waals surface area (Å²) in [6.45, 7) is 5.68. The van der Waals surface area contributed by atoms with Crippen LogP contribution in [0, 0.1) is 12.8 Å². The van der Waals surface area contributed by atoms with Crippen LogP contribution in [0.3, 0.4) is 0 Å². The molecule has 3 rings (SSSR count). The lowest BCUT2D eigenvalue weighted by atomic mass is 9.94. The van der Waals surface area contributed by atoms with Crippen LogP contribution in [-0.4, -0.2) is 21.8 Å². The minimum atomic E-state index is -0.790. The maximum Gasteiger partial charge on any atom is 0.294 e. The first-order chi connectivity index (χ1) is 12.8. The molecule has 1 aliphatic rings. The molecule has 0 saturated carbocycles. The maximum absolute atomic E-state index is 12.9. The van der Waals surface area contributed by atoms with E-state index in [4.69, 9.17) is 11.6 Å². The van der Waals surface area contributed by atoms with E-state index >= 15 is 0 Å². The smallest absolute Gasteiger partial charge is 0.294 e. The number of aromatic nitrogens is 1. The van der Waals surface area contributed by atoms with Crippen molar-refractivity contribution < 1.29 is 14.7 Å². The molecule has 1 amide bonds. The fraction of sp³-hybridized carbons (Fsp3) is 0.286. The predicted octanol–water partition coefficient (Wildman–Crippen LogP) is 4.56. The second-order valence-corrected chi connectivity index (χ2v) is 7.48. The molecule has 2 heterocycles. The number of Topliss-reactive ketones (excluding diaryl/α,β-unsaturated/α-hetero) is 1. The highest BCUT2D eigenvalue weighted by Gasteiger charge is 2.45. The molecule has 1 unspecified atom stereocenters. The van der Waals surface area contributed by atoms with Crippen molar-refractivity contribution in [2.45, 2.75) is 33.2 Å². The largest absolute Gasteiger partial charge is 0.503 e. The van der Waals surface area contributed by atoms with E-state index in [1.165, 1.54) is 4.90 Å². The summed E-state index contributed by atoms with van der Waals surface area (Å²) in [4.78, 5) is 31.6. The molecule has 140 valence electrons. The number of amides is 1. The van der Waals surface area contributed by atoms with E-state index in [2.05, 4.69) is 4.98 Å². The summed E-state index contributed by atoms with van der Waals surface area (Å²) < 4.78 is 0. The van der Waals surface area contributed by atoms with Gasteiger partial charge in [-0.2, -0.15) is 0 Å². The van der Waals surface area contributed by atoms with Crippen LogP contribution in [0.15, 0.2) is 53.9 Å². The average Bonchev–Trinajstić information content (AvgIpc) is 2.89. The molecule has 1 atom stereocenters. The molecule has 1 aliphatic heterocycles. The number of anilines is 1. The zero-order valence-corrected chi connectivity index (χ0v) is 16.2. The van der Waals surface area contributed by atoms with Crippen molar-refractivity contribution in [3.63, 3.8) is 0 Å². The van der Waals surface area contributed by atoms with Crippen LogP contribution < -0.4 is 4.90 Å². The molecular weight excluding hydrogens is 364 g/mol. The van der Waals surface area contributed by atoms with Gasteiger partial charge in [0.05, 0.1) is 11.3 Å². The molecule has 0 saturated heterocycles. The van der Waals surface area contributed by atoms with Gasteiger partial charge >= 0.3 is 0 Å². The average molecular weight is 385 g/mol. The Morgan fingerprint density at radius 3 is 2.67 bits per heavy atom. The summed E-state index contributed by atoms with van der Waals surface area (Å²) >= 11 is 6.14. The number of halogens is 1. The van der Waals surface area contributed by atoms with Crippen LogP contribution in [0.25, 0.3) is 0 Å². The van der Waals surface area contributed by atoms with E-state index in [0.717, 1.165) is 5.56 Å². The molecule has 0 aliphatic carbocycles. The molecule has 2 aromatic rings. The molecule has 0 fully saturated rings. The predicted molar refractivity (Wildman–Crippen MR) is 105 cm³/mol. The van der Waals surface area contributed by atoms with Crippen LogP contribution in [0.1, 0.15) is 37.6 Å². The van der Waals surface area contributed by atoms with E-state index in [1.807, 2.05) is 20.8 Å². The number of hydrogen-bond acceptors (Lipinski definition) is 4. The van der Waals surface area contributed by atoms with Crippen molar-refractivity contribution in [1.29, 1.82) is 0 Å². The number of nitrogens with zero attached hydrogens (tertiary/aromatic N) is 2. The van der Waals surface area contributed by atoms with Crippen LogP contribution in [0.5, 0.6) is 0 Å². The van der Waals surface area contributed by atoms with Gasteiger partial charge in [-0.15, -0.1) is 0 Å². The van der Waals surface area contributed by atoms with Gasteiger partial charge in [-0.3, -0.25) is 19.5 Å². The number of aliphatic hydroxyl groups is 1. The van der Waals surface area contributed by atoms with Crippen LogP contribution >= 0.6 is 11.6 Å². The second kappa shape index (κ2) is 7.53. The highest BCUT2D eigenvalue weighted by molar-refractivity contribution is 6.31. The highest BCUT2D eigenvalue weighted by Crippen LogP contribution is 2.42. The zero-order valence-electron chi connectivity index (χ0n) is 15.4. The molecular formula is C21H21ClN2O3. The number of benzene rings is 1. The van der Waals surface area contributed by atoms with Crippen molar-refractivity contribution in [3.05, 3.63) is 70.2 Å². The quantitative estimate of drug-likeness (QED) is 0.820. The number of aryl methyl sites for hydroxylation is 1. The third kappa shape index (κ3) is 3.60. The number of aliphatic hydroxyl groups excluding tert-OH is 1. The minimum absolute atomic E-state index is 0.0896. The number of hydrogen-bond donors (Lipinski definition) is 1. The molecule has 1 aromatic heterocycles. The van der Waals surface area contributed by atoms with Crippen LogP contribution in [0.4, 0.5) is 5.69 Å². The van der Waals surface area contributed by atoms with E-state index in [0.29, 0.717) is 16.4 Å². The molecule has 1 N–H and O–H groups in total. The molecule has 0 bridgehead atoms. The Morgan fingerprint density at radius 1 is 1.30 bits per heavy atom. The van der Waals surface area contributed by atoms with Crippen molar-refractivity contribution in [1.82, 2.24) is 4.98 Å². The van der Waals surface area contributed by atoms with Crippen LogP contribution in [0.2, 0.25) is 5.02 Å². The van der Waals surface area contributed by atoms with Gasteiger partial charge in [0.2, 0.25) is 0 Å². The molecule has 6 heteroatoms. The number of ketones is 1. The van der Waals surface area contributed by atoms with E-state index in [1.54, 1.807) is 42.6 Å². The van der Waals surface area contributed by atoms with Gasteiger partial charge in [0, 0.05) is 23.3 Å². The van der Waals surface area contributed by atoms with Crippen molar-refractivity contribution in [2.24, 2.45) is 5.92 Å². The summed E-state index contributed by atoms with van der Waals surface area (Å²) in [6.07, 6.45) is 1.83. The Labute approximate surface area is 163 Å². The highest BCUT2D eigenvalue weighted by atomic mass is 35.5. The minimum Gasteiger partial charge on any atom is -0.503 e. The van der Waals surface area contributed by atoms with Crippen molar-refractivity contribution >= 4 is 29.0 Å². The normalized spacial score (nSPS) is 17.1. The Morgan fingerprint density at radius 2 is 2.04 bits per heavy atom. The van der Waals surface area contributed by atoms with Gasteiger partial charge in [0.1, 0.15) is 6.04 Å². The molecule has 0 spiro atoms. The van der Waals surface area contributed by atoms with Gasteiger partial charge in [0.25, 0.3) is 5.91 Å². The molecule has 5 nitrogen and oxygen atoms in total. The van der Waals surface area contributed by atoms with Gasteiger partial charge in [-0.05, 0) is 42.7 Å². The number of carbonyl (C=O) groups excluding carboxylic acids is 2. The summed E-state index contributed by atoms with van der Waals surface area (Å²) in [5.74, 6) is -1.30. The van der Waals surface area contributed by atoms with Gasteiger partial charge in [-0.1, -0.05) is 37.6 Å². The monoisotopic (exact) mass is 384 g/mol. The standard InChI is InChI=1S/C21H21ClN2O3/c1-12(2)10-17(25)18-19(15-6-4-5-9-23-15)24(21(27)20(18)26)16-11-14(22)8-7-13(16)3/h4-9,11-12,19,26H,10H2,1-3H3. The van der Waals surface area contributed by atoms with Gasteiger partial charge in [0.15, 0.2) is 11.5 Å². The molecule has 0 radical (unpaired) electrons. The van der Waals surface area contributed by atoms with E-state index in [-0.39, 0.29) is 23.7 Å². The van der Waals surface area contributed by atoms with Gasteiger partial charge < -0.3 is 5.11 Å². The Balaban J connectivity index is 2.18. The van der Waals surface area contributed by atoms with Crippen molar-refractivity contribution in [2.75, 3.05) is 4.90 Å². The fourth-order valence-electron chi connectivity index (χ4n) is 3.28. The summed E-state index contributed by atoms with van der Waals surface area (Å²) in [7, 11) is 0. The second-order valence-electron chi connectivity index (χ2n) is 7.05. The number of pyridine rings is 1. The first kappa shape index (κ1) is 19.1. The van der Waals surface area contributed by atoms with Crippen LogP contribution in [-0.2, 0) is 9.59 Å². The van der Waals surface area contributed by atoms with Gasteiger partial charge in [-0.25, -0.2) is 0 Å². The third-order valence-electron chi connectivity index (χ3n) is 4.50. The Hall–Kier alpha value is -2.66. The topological polar surface area (TPSA) is 70.5 Å². The first-order valence-electron chi connectivity index (χ1n) is 8.78. The van der Waals surface area contributed by atoms with E-state index in [9.17, 15) is 14.7 Å². The van der Waals surface area contributed by atoms with E-state index < -0.39 is 17.7 Å². The third-order valence-corrected chi connectivity index (χ3v) is 4.74. The summed E-state index contributed by atoms with van der Waals surface area (Å²) in [5, 5.41) is 11.0. The summed E-state index contributed by atoms with van der Waals surface area (Å²) in [5.41, 5.74) is 1.95. The zero-order chi connectivity index (χ0) is 19.7.